The maximum Gasteiger partial charge on any atom is 0.230 e. The van der Waals surface area contributed by atoms with Gasteiger partial charge in [-0.2, -0.15) is 5.10 Å². The monoisotopic (exact) mass is 437 g/mol. The molecule has 4 aromatic rings. The van der Waals surface area contributed by atoms with E-state index >= 15 is 0 Å². The molecular weight excluding hydrogens is 417 g/mol. The van der Waals surface area contributed by atoms with E-state index in [2.05, 4.69) is 20.4 Å². The summed E-state index contributed by atoms with van der Waals surface area (Å²) in [5, 5.41) is 8.67. The highest BCUT2D eigenvalue weighted by atomic mass is 32.2. The molecule has 0 aliphatic heterocycles. The summed E-state index contributed by atoms with van der Waals surface area (Å²) in [5.74, 6) is 0.632. The summed E-state index contributed by atoms with van der Waals surface area (Å²) in [6, 6.07) is 13.7. The van der Waals surface area contributed by atoms with Crippen LogP contribution in [-0.2, 0) is 11.2 Å². The van der Waals surface area contributed by atoms with Gasteiger partial charge in [-0.05, 0) is 42.3 Å². The fraction of sp³-hybridized carbons (Fsp3) is 0.182. The molecule has 2 aromatic carbocycles. The van der Waals surface area contributed by atoms with Crippen molar-refractivity contribution in [2.75, 3.05) is 19.4 Å². The third-order valence-electron chi connectivity index (χ3n) is 4.65. The van der Waals surface area contributed by atoms with E-state index < -0.39 is 0 Å². The number of nitrogens with zero attached hydrogens (tertiary/aromatic N) is 4. The topological polar surface area (TPSA) is 81.9 Å². The van der Waals surface area contributed by atoms with Crippen molar-refractivity contribution < 1.29 is 13.9 Å². The van der Waals surface area contributed by atoms with Gasteiger partial charge >= 0.3 is 0 Å². The molecule has 4 rings (SSSR count). The lowest BCUT2D eigenvalue weighted by atomic mass is 10.1. The van der Waals surface area contributed by atoms with Gasteiger partial charge in [-0.1, -0.05) is 30.0 Å². The first kappa shape index (κ1) is 20.8. The van der Waals surface area contributed by atoms with Crippen LogP contribution in [0.25, 0.3) is 16.7 Å². The number of ether oxygens (including phenoxy) is 1. The fourth-order valence-electron chi connectivity index (χ4n) is 3.14. The number of carbonyl (C=O) groups excluding carboxylic acids is 1. The van der Waals surface area contributed by atoms with E-state index in [-0.39, 0.29) is 17.5 Å². The zero-order valence-corrected chi connectivity index (χ0v) is 17.6. The van der Waals surface area contributed by atoms with Gasteiger partial charge in [0.2, 0.25) is 5.91 Å². The van der Waals surface area contributed by atoms with Gasteiger partial charge in [-0.15, -0.1) is 0 Å². The van der Waals surface area contributed by atoms with Gasteiger partial charge in [0.15, 0.2) is 5.65 Å². The Morgan fingerprint density at radius 1 is 1.16 bits per heavy atom. The average Bonchev–Trinajstić information content (AvgIpc) is 3.23. The molecule has 1 amide bonds. The Kier molecular flexibility index (Phi) is 6.42. The summed E-state index contributed by atoms with van der Waals surface area (Å²) in [4.78, 5) is 20.9. The minimum absolute atomic E-state index is 0.0856. The van der Waals surface area contributed by atoms with Crippen LogP contribution >= 0.6 is 11.8 Å². The van der Waals surface area contributed by atoms with Crippen LogP contribution in [0.4, 0.5) is 4.39 Å². The summed E-state index contributed by atoms with van der Waals surface area (Å²) < 4.78 is 20.2. The van der Waals surface area contributed by atoms with Crippen molar-refractivity contribution in [2.24, 2.45) is 0 Å². The van der Waals surface area contributed by atoms with Crippen LogP contribution in [0.2, 0.25) is 0 Å². The van der Waals surface area contributed by atoms with E-state index in [4.69, 9.17) is 4.74 Å². The van der Waals surface area contributed by atoms with Gasteiger partial charge in [0.05, 0.1) is 30.1 Å². The molecule has 0 unspecified atom stereocenters. The summed E-state index contributed by atoms with van der Waals surface area (Å²) in [5.41, 5.74) is 2.34. The van der Waals surface area contributed by atoms with Crippen LogP contribution in [0, 0.1) is 5.82 Å². The van der Waals surface area contributed by atoms with E-state index in [0.717, 1.165) is 16.7 Å². The molecule has 0 bridgehead atoms. The van der Waals surface area contributed by atoms with Crippen molar-refractivity contribution in [1.82, 2.24) is 25.1 Å². The van der Waals surface area contributed by atoms with E-state index in [1.165, 1.54) is 30.2 Å². The van der Waals surface area contributed by atoms with E-state index in [1.54, 1.807) is 30.1 Å². The molecule has 158 valence electrons. The predicted molar refractivity (Wildman–Crippen MR) is 117 cm³/mol. The molecule has 0 radical (unpaired) electrons. The molecule has 31 heavy (non-hydrogen) atoms. The van der Waals surface area contributed by atoms with Crippen molar-refractivity contribution in [2.45, 2.75) is 11.4 Å². The lowest BCUT2D eigenvalue weighted by molar-refractivity contribution is -0.118. The standard InChI is InChI=1S/C22H20FN5O2S/c1-30-19-5-3-2-4-15(19)10-11-24-20(29)13-31-22-18-12-27-28(21(18)25-14-26-22)17-8-6-16(23)7-9-17/h2-9,12,14H,10-11,13H2,1H3,(H,24,29). The van der Waals surface area contributed by atoms with Crippen molar-refractivity contribution in [3.8, 4) is 11.4 Å². The predicted octanol–water partition coefficient (Wildman–Crippen LogP) is 3.41. The lowest BCUT2D eigenvalue weighted by Crippen LogP contribution is -2.27. The minimum atomic E-state index is -0.317. The number of halogens is 1. The van der Waals surface area contributed by atoms with Crippen molar-refractivity contribution >= 4 is 28.7 Å². The zero-order chi connectivity index (χ0) is 21.6. The molecular formula is C22H20FN5O2S. The van der Waals surface area contributed by atoms with Crippen LogP contribution in [-0.4, -0.2) is 45.1 Å². The van der Waals surface area contributed by atoms with Crippen LogP contribution in [0.5, 0.6) is 5.75 Å². The number of amides is 1. The Hall–Kier alpha value is -3.46. The van der Waals surface area contributed by atoms with E-state index in [1.807, 2.05) is 24.3 Å². The van der Waals surface area contributed by atoms with E-state index in [9.17, 15) is 9.18 Å². The second-order valence-electron chi connectivity index (χ2n) is 6.65. The zero-order valence-electron chi connectivity index (χ0n) is 16.8. The first-order valence-electron chi connectivity index (χ1n) is 9.62. The van der Waals surface area contributed by atoms with Crippen LogP contribution < -0.4 is 10.1 Å². The number of rotatable bonds is 8. The number of methoxy groups -OCH3 is 1. The molecule has 1 N–H and O–H groups in total. The highest BCUT2D eigenvalue weighted by Crippen LogP contribution is 2.25. The number of benzene rings is 2. The quantitative estimate of drug-likeness (QED) is 0.336. The highest BCUT2D eigenvalue weighted by Gasteiger charge is 2.13. The third kappa shape index (κ3) is 4.83. The number of nitrogens with one attached hydrogen (secondary N) is 1. The molecule has 0 aliphatic carbocycles. The summed E-state index contributed by atoms with van der Waals surface area (Å²) in [7, 11) is 1.63. The molecule has 0 aliphatic rings. The van der Waals surface area contributed by atoms with Crippen molar-refractivity contribution in [3.05, 3.63) is 72.4 Å². The largest absolute Gasteiger partial charge is 0.496 e. The first-order valence-corrected chi connectivity index (χ1v) is 10.6. The van der Waals surface area contributed by atoms with Gasteiger partial charge in [0.25, 0.3) is 0 Å². The molecule has 0 atom stereocenters. The summed E-state index contributed by atoms with van der Waals surface area (Å²) in [6.07, 6.45) is 3.77. The maximum atomic E-state index is 13.2. The number of carbonyl (C=O) groups is 1. The molecule has 2 aromatic heterocycles. The Bertz CT molecular complexity index is 1200. The van der Waals surface area contributed by atoms with Crippen molar-refractivity contribution in [1.29, 1.82) is 0 Å². The van der Waals surface area contributed by atoms with Gasteiger partial charge in [0.1, 0.15) is 22.9 Å². The Labute approximate surface area is 182 Å². The van der Waals surface area contributed by atoms with Gasteiger partial charge in [-0.3, -0.25) is 4.79 Å². The maximum absolute atomic E-state index is 13.2. The summed E-state index contributed by atoms with van der Waals surface area (Å²) in [6.45, 7) is 0.515. The van der Waals surface area contributed by atoms with Crippen molar-refractivity contribution in [3.63, 3.8) is 0 Å². The molecule has 0 spiro atoms. The third-order valence-corrected chi connectivity index (χ3v) is 5.65. The smallest absolute Gasteiger partial charge is 0.230 e. The second-order valence-corrected chi connectivity index (χ2v) is 7.61. The number of aromatic nitrogens is 4. The Morgan fingerprint density at radius 2 is 1.97 bits per heavy atom. The minimum Gasteiger partial charge on any atom is -0.496 e. The fourth-order valence-corrected chi connectivity index (χ4v) is 3.93. The van der Waals surface area contributed by atoms with Gasteiger partial charge < -0.3 is 10.1 Å². The molecule has 0 fully saturated rings. The number of hydrogen-bond acceptors (Lipinski definition) is 6. The molecule has 7 nitrogen and oxygen atoms in total. The van der Waals surface area contributed by atoms with Crippen LogP contribution in [0.3, 0.4) is 0 Å². The normalized spacial score (nSPS) is 10.9. The first-order chi connectivity index (χ1) is 15.2. The highest BCUT2D eigenvalue weighted by molar-refractivity contribution is 8.00. The Morgan fingerprint density at radius 3 is 2.77 bits per heavy atom. The number of thioether (sulfide) groups is 1. The summed E-state index contributed by atoms with van der Waals surface area (Å²) >= 11 is 1.32. The molecule has 2 heterocycles. The van der Waals surface area contributed by atoms with E-state index in [0.29, 0.717) is 29.3 Å². The Balaban J connectivity index is 1.37. The van der Waals surface area contributed by atoms with Gasteiger partial charge in [-0.25, -0.2) is 19.0 Å². The number of para-hydroxylation sites is 1. The van der Waals surface area contributed by atoms with Crippen LogP contribution in [0.1, 0.15) is 5.56 Å². The van der Waals surface area contributed by atoms with Crippen LogP contribution in [0.15, 0.2) is 66.1 Å². The number of fused-ring (bicyclic) bond motifs is 1. The second kappa shape index (κ2) is 9.57. The molecule has 0 saturated carbocycles. The number of hydrogen-bond donors (Lipinski definition) is 1. The molecule has 9 heteroatoms. The average molecular weight is 438 g/mol. The van der Waals surface area contributed by atoms with Gasteiger partial charge in [0, 0.05) is 6.54 Å². The SMILES string of the molecule is COc1ccccc1CCNC(=O)CSc1ncnc2c1cnn2-c1ccc(F)cc1. The molecule has 0 saturated heterocycles. The lowest BCUT2D eigenvalue weighted by Gasteiger charge is -2.09.